The van der Waals surface area contributed by atoms with Crippen LogP contribution in [0.3, 0.4) is 0 Å². The Labute approximate surface area is 144 Å². The van der Waals surface area contributed by atoms with Crippen LogP contribution in [0.25, 0.3) is 11.1 Å². The van der Waals surface area contributed by atoms with Crippen LogP contribution in [0, 0.1) is 0 Å². The molecule has 5 rings (SSSR count). The fraction of sp³-hybridized carbons (Fsp3) is 0.0476. The number of hydrogen-bond acceptors (Lipinski definition) is 2. The van der Waals surface area contributed by atoms with Gasteiger partial charge in [0.05, 0.1) is 5.56 Å². The van der Waals surface area contributed by atoms with Crippen molar-refractivity contribution in [1.82, 2.24) is 0 Å². The molecule has 0 N–H and O–H groups in total. The summed E-state index contributed by atoms with van der Waals surface area (Å²) in [6, 6.07) is 22.4. The molecular formula is C21H14NOS+. The summed E-state index contributed by atoms with van der Waals surface area (Å²) >= 11 is 1.81. The Morgan fingerprint density at radius 1 is 0.792 bits per heavy atom. The Morgan fingerprint density at radius 3 is 2.38 bits per heavy atom. The quantitative estimate of drug-likeness (QED) is 0.471. The molecule has 2 aliphatic rings. The van der Waals surface area contributed by atoms with E-state index in [0.717, 1.165) is 28.1 Å². The maximum atomic E-state index is 12.6. The molecule has 0 bridgehead atoms. The van der Waals surface area contributed by atoms with Crippen LogP contribution in [0.1, 0.15) is 21.5 Å². The average molecular weight is 328 g/mol. The third-order valence-corrected chi connectivity index (χ3v) is 5.74. The van der Waals surface area contributed by atoms with Crippen molar-refractivity contribution in [3.63, 3.8) is 0 Å². The number of hydrogen-bond donors (Lipinski definition) is 0. The summed E-state index contributed by atoms with van der Waals surface area (Å²) in [5.74, 6) is 0.999. The van der Waals surface area contributed by atoms with Gasteiger partial charge in [0.2, 0.25) is 5.69 Å². The first-order chi connectivity index (χ1) is 11.8. The van der Waals surface area contributed by atoms with E-state index in [1.807, 2.05) is 30.3 Å². The molecule has 0 saturated carbocycles. The van der Waals surface area contributed by atoms with E-state index < -0.39 is 0 Å². The van der Waals surface area contributed by atoms with Gasteiger partial charge in [-0.1, -0.05) is 54.2 Å². The predicted molar refractivity (Wildman–Crippen MR) is 97.6 cm³/mol. The molecule has 0 saturated heterocycles. The zero-order valence-electron chi connectivity index (χ0n) is 12.9. The molecule has 0 radical (unpaired) electrons. The highest BCUT2D eigenvalue weighted by molar-refractivity contribution is 7.99. The van der Waals surface area contributed by atoms with Crippen LogP contribution in [0.4, 0.5) is 5.69 Å². The SMILES string of the molecule is O=C1c2ccccc2-c2c1ccc1c2SC[N+](c2ccccc2)=C1. The number of carbonyl (C=O) groups excluding carboxylic acids is 1. The van der Waals surface area contributed by atoms with Gasteiger partial charge in [0.15, 0.2) is 17.9 Å². The number of carbonyl (C=O) groups is 1. The molecule has 0 aromatic heterocycles. The third-order valence-electron chi connectivity index (χ3n) is 4.60. The van der Waals surface area contributed by atoms with Crippen molar-refractivity contribution in [2.24, 2.45) is 0 Å². The summed E-state index contributed by atoms with van der Waals surface area (Å²) in [6.07, 6.45) is 2.19. The molecule has 0 unspecified atom stereocenters. The van der Waals surface area contributed by atoms with Crippen LogP contribution in [0.15, 0.2) is 71.6 Å². The highest BCUT2D eigenvalue weighted by Gasteiger charge is 2.32. The second-order valence-electron chi connectivity index (χ2n) is 5.99. The minimum atomic E-state index is 0.148. The van der Waals surface area contributed by atoms with Crippen LogP contribution in [0.2, 0.25) is 0 Å². The van der Waals surface area contributed by atoms with Gasteiger partial charge < -0.3 is 0 Å². The predicted octanol–water partition coefficient (Wildman–Crippen LogP) is 4.72. The maximum absolute atomic E-state index is 12.6. The van der Waals surface area contributed by atoms with Crippen molar-refractivity contribution in [3.8, 4) is 11.1 Å². The molecule has 3 aromatic carbocycles. The van der Waals surface area contributed by atoms with Gasteiger partial charge in [-0.25, -0.2) is 0 Å². The molecule has 1 aliphatic heterocycles. The zero-order valence-corrected chi connectivity index (χ0v) is 13.7. The summed E-state index contributed by atoms with van der Waals surface area (Å²) in [6.45, 7) is 0. The van der Waals surface area contributed by atoms with E-state index in [0.29, 0.717) is 0 Å². The van der Waals surface area contributed by atoms with Crippen LogP contribution in [-0.2, 0) is 0 Å². The molecule has 24 heavy (non-hydrogen) atoms. The number of ketones is 1. The Balaban J connectivity index is 1.71. The molecule has 3 heteroatoms. The number of para-hydroxylation sites is 1. The van der Waals surface area contributed by atoms with Gasteiger partial charge in [-0.2, -0.15) is 4.58 Å². The molecule has 0 atom stereocenters. The molecule has 114 valence electrons. The van der Waals surface area contributed by atoms with Gasteiger partial charge in [0.25, 0.3) is 0 Å². The lowest BCUT2D eigenvalue weighted by atomic mass is 10.0. The zero-order chi connectivity index (χ0) is 16.1. The van der Waals surface area contributed by atoms with Crippen LogP contribution < -0.4 is 0 Å². The number of rotatable bonds is 1. The topological polar surface area (TPSA) is 20.1 Å². The molecule has 0 fully saturated rings. The van der Waals surface area contributed by atoms with Gasteiger partial charge in [0, 0.05) is 33.7 Å². The lowest BCUT2D eigenvalue weighted by Crippen LogP contribution is -2.13. The Bertz CT molecular complexity index is 1020. The van der Waals surface area contributed by atoms with E-state index in [-0.39, 0.29) is 5.78 Å². The van der Waals surface area contributed by atoms with Crippen LogP contribution in [0.5, 0.6) is 0 Å². The molecular weight excluding hydrogens is 314 g/mol. The first-order valence-corrected chi connectivity index (χ1v) is 8.92. The smallest absolute Gasteiger partial charge is 0.205 e. The van der Waals surface area contributed by atoms with Crippen molar-refractivity contribution in [2.45, 2.75) is 4.90 Å². The Hall–Kier alpha value is -2.65. The van der Waals surface area contributed by atoms with Gasteiger partial charge in [-0.15, -0.1) is 0 Å². The molecule has 3 aromatic rings. The minimum Gasteiger partial charge on any atom is -0.289 e. The Kier molecular flexibility index (Phi) is 2.97. The molecule has 1 aliphatic carbocycles. The Morgan fingerprint density at radius 2 is 1.54 bits per heavy atom. The normalized spacial score (nSPS) is 14.7. The molecule has 0 spiro atoms. The molecule has 0 amide bonds. The molecule has 1 heterocycles. The summed E-state index contributed by atoms with van der Waals surface area (Å²) < 4.78 is 2.25. The second kappa shape index (κ2) is 5.18. The number of benzene rings is 3. The lowest BCUT2D eigenvalue weighted by molar-refractivity contribution is -0.411. The monoisotopic (exact) mass is 328 g/mol. The average Bonchev–Trinajstić information content (AvgIpc) is 2.95. The fourth-order valence-corrected chi connectivity index (χ4v) is 4.61. The van der Waals surface area contributed by atoms with Crippen molar-refractivity contribution >= 4 is 29.4 Å². The summed E-state index contributed by atoms with van der Waals surface area (Å²) in [4.78, 5) is 13.9. The summed E-state index contributed by atoms with van der Waals surface area (Å²) in [5.41, 5.74) is 6.22. The van der Waals surface area contributed by atoms with Gasteiger partial charge in [0.1, 0.15) is 0 Å². The maximum Gasteiger partial charge on any atom is 0.205 e. The second-order valence-corrected chi connectivity index (χ2v) is 6.94. The van der Waals surface area contributed by atoms with E-state index in [4.69, 9.17) is 0 Å². The standard InChI is InChI=1S/C21H14NOS/c23-20-17-9-5-4-8-16(17)19-18(20)11-10-14-12-22(13-24-21(14)19)15-6-2-1-3-7-15/h1-12H,13H2/q+1. The highest BCUT2D eigenvalue weighted by Crippen LogP contribution is 2.45. The van der Waals surface area contributed by atoms with Crippen molar-refractivity contribution in [3.05, 3.63) is 83.4 Å². The third kappa shape index (κ3) is 1.91. The first kappa shape index (κ1) is 13.8. The van der Waals surface area contributed by atoms with E-state index in [9.17, 15) is 4.79 Å². The fourth-order valence-electron chi connectivity index (χ4n) is 3.46. The summed E-state index contributed by atoms with van der Waals surface area (Å²) in [7, 11) is 0. The number of nitrogens with zero attached hydrogens (tertiary/aromatic N) is 1. The van der Waals surface area contributed by atoms with Crippen molar-refractivity contribution in [1.29, 1.82) is 0 Å². The highest BCUT2D eigenvalue weighted by atomic mass is 32.2. The van der Waals surface area contributed by atoms with E-state index in [1.54, 1.807) is 11.8 Å². The molecule has 2 nitrogen and oxygen atoms in total. The largest absolute Gasteiger partial charge is 0.289 e. The van der Waals surface area contributed by atoms with Crippen LogP contribution >= 0.6 is 11.8 Å². The number of fused-ring (bicyclic) bond motifs is 5. The van der Waals surface area contributed by atoms with Gasteiger partial charge >= 0.3 is 0 Å². The van der Waals surface area contributed by atoms with E-state index in [2.05, 4.69) is 47.2 Å². The first-order valence-electron chi connectivity index (χ1n) is 7.93. The van der Waals surface area contributed by atoms with Gasteiger partial charge in [-0.3, -0.25) is 4.79 Å². The van der Waals surface area contributed by atoms with Crippen LogP contribution in [-0.4, -0.2) is 22.5 Å². The number of thioether (sulfide) groups is 1. The van der Waals surface area contributed by atoms with E-state index in [1.165, 1.54) is 16.1 Å². The van der Waals surface area contributed by atoms with Crippen molar-refractivity contribution in [2.75, 3.05) is 5.88 Å². The van der Waals surface area contributed by atoms with E-state index >= 15 is 0 Å². The summed E-state index contributed by atoms with van der Waals surface area (Å²) in [5, 5.41) is 0. The van der Waals surface area contributed by atoms with Gasteiger partial charge in [-0.05, 0) is 17.7 Å². The minimum absolute atomic E-state index is 0.148. The van der Waals surface area contributed by atoms with Crippen molar-refractivity contribution < 1.29 is 9.37 Å². The lowest BCUT2D eigenvalue weighted by Gasteiger charge is -2.15.